The third-order valence-electron chi connectivity index (χ3n) is 4.02. The van der Waals surface area contributed by atoms with Gasteiger partial charge < -0.3 is 20.1 Å². The van der Waals surface area contributed by atoms with Crippen molar-refractivity contribution in [2.75, 3.05) is 19.7 Å². The lowest BCUT2D eigenvalue weighted by Gasteiger charge is -2.30. The van der Waals surface area contributed by atoms with Gasteiger partial charge >= 0.3 is 12.1 Å². The maximum atomic E-state index is 12.5. The lowest BCUT2D eigenvalue weighted by molar-refractivity contribution is -0.154. The summed E-state index contributed by atoms with van der Waals surface area (Å²) >= 11 is 0. The second-order valence-electron chi connectivity index (χ2n) is 6.39. The van der Waals surface area contributed by atoms with E-state index in [2.05, 4.69) is 9.72 Å². The number of ether oxygens (including phenoxy) is 1. The fourth-order valence-corrected chi connectivity index (χ4v) is 2.73. The van der Waals surface area contributed by atoms with E-state index in [1.165, 1.54) is 24.1 Å². The van der Waals surface area contributed by atoms with Gasteiger partial charge in [-0.15, -0.1) is 0 Å². The summed E-state index contributed by atoms with van der Waals surface area (Å²) in [5.74, 6) is -5.53. The molecule has 0 saturated carbocycles. The van der Waals surface area contributed by atoms with Crippen LogP contribution in [-0.4, -0.2) is 64.4 Å². The highest BCUT2D eigenvalue weighted by Gasteiger charge is 2.40. The molecule has 12 heteroatoms. The molecule has 1 unspecified atom stereocenters. The number of hydrogen-bond donors (Lipinski definition) is 2. The molecule has 1 saturated heterocycles. The van der Waals surface area contributed by atoms with Crippen LogP contribution < -0.4 is 10.1 Å². The summed E-state index contributed by atoms with van der Waals surface area (Å²) in [7, 11) is 0. The van der Waals surface area contributed by atoms with Gasteiger partial charge in [0.05, 0.1) is 0 Å². The third-order valence-corrected chi connectivity index (χ3v) is 4.02. The summed E-state index contributed by atoms with van der Waals surface area (Å²) in [6, 6.07) is 1.49. The topological polar surface area (TPSA) is 126 Å². The third kappa shape index (κ3) is 6.16. The van der Waals surface area contributed by atoms with Gasteiger partial charge in [-0.05, 0) is 18.6 Å². The first kappa shape index (κ1) is 22.1. The lowest BCUT2D eigenvalue weighted by Crippen LogP contribution is -2.52. The molecule has 2 amide bonds. The zero-order valence-electron chi connectivity index (χ0n) is 15.3. The predicted octanol–water partition coefficient (Wildman–Crippen LogP) is 0.450. The molecule has 0 spiro atoms. The van der Waals surface area contributed by atoms with Crippen LogP contribution in [0.25, 0.3) is 0 Å². The number of Topliss-reactive ketones (excluding diaryl/α,β-unsaturated/α-hetero) is 1. The van der Waals surface area contributed by atoms with Gasteiger partial charge in [-0.1, -0.05) is 0 Å². The predicted molar refractivity (Wildman–Crippen MR) is 89.7 cm³/mol. The van der Waals surface area contributed by atoms with Gasteiger partial charge in [0.2, 0.25) is 17.7 Å². The van der Waals surface area contributed by atoms with Gasteiger partial charge in [-0.3, -0.25) is 19.2 Å². The average Bonchev–Trinajstić information content (AvgIpc) is 2.61. The molecule has 1 fully saturated rings. The number of likely N-dealkylation sites (tertiary alicyclic amines) is 1. The van der Waals surface area contributed by atoms with Crippen molar-refractivity contribution in [1.82, 2.24) is 15.2 Å². The molecule has 158 valence electrons. The number of aliphatic carboxylic acids is 1. The van der Waals surface area contributed by atoms with E-state index in [-0.39, 0.29) is 25.4 Å². The molecule has 0 bridgehead atoms. The molecule has 2 N–H and O–H groups in total. The average molecular weight is 417 g/mol. The van der Waals surface area contributed by atoms with E-state index in [0.29, 0.717) is 11.1 Å². The Bertz CT molecular complexity index is 827. The summed E-state index contributed by atoms with van der Waals surface area (Å²) in [6.45, 7) is -0.696. The smallest absolute Gasteiger partial charge is 0.422 e. The first-order valence-electron chi connectivity index (χ1n) is 8.44. The molecule has 1 aromatic rings. The van der Waals surface area contributed by atoms with Gasteiger partial charge in [0, 0.05) is 31.3 Å². The number of pyridine rings is 1. The number of aromatic nitrogens is 1. The van der Waals surface area contributed by atoms with Crippen LogP contribution in [-0.2, 0) is 25.7 Å². The van der Waals surface area contributed by atoms with Crippen LogP contribution in [0.15, 0.2) is 12.3 Å². The number of carbonyl (C=O) groups excluding carboxylic acids is 3. The summed E-state index contributed by atoms with van der Waals surface area (Å²) < 4.78 is 41.4. The van der Waals surface area contributed by atoms with E-state index in [1.54, 1.807) is 0 Å². The van der Waals surface area contributed by atoms with Gasteiger partial charge in [-0.25, -0.2) is 4.98 Å². The number of carboxylic acid groups (broad SMARTS) is 1. The molecular formula is C17H18F3N3O6. The van der Waals surface area contributed by atoms with Crippen molar-refractivity contribution in [1.29, 1.82) is 0 Å². The van der Waals surface area contributed by atoms with Crippen molar-refractivity contribution in [3.8, 4) is 5.88 Å². The van der Waals surface area contributed by atoms with Crippen LogP contribution in [0.2, 0.25) is 0 Å². The van der Waals surface area contributed by atoms with E-state index in [4.69, 9.17) is 5.11 Å². The molecule has 0 aliphatic carbocycles. The van der Waals surface area contributed by atoms with E-state index < -0.39 is 48.8 Å². The number of hydrogen-bond acceptors (Lipinski definition) is 6. The SMILES string of the molecule is Cc1cc(CN2CCC(=O)C(C(=O)NCC(=O)O)C2=O)cnc1OCC(F)(F)F. The normalized spacial score (nSPS) is 17.2. The Morgan fingerprint density at radius 2 is 2.07 bits per heavy atom. The molecule has 0 radical (unpaired) electrons. The minimum absolute atomic E-state index is 0.0256. The Hall–Kier alpha value is -3.18. The van der Waals surface area contributed by atoms with Crippen molar-refractivity contribution in [3.63, 3.8) is 0 Å². The van der Waals surface area contributed by atoms with E-state index >= 15 is 0 Å². The van der Waals surface area contributed by atoms with Crippen LogP contribution in [0.3, 0.4) is 0 Å². The van der Waals surface area contributed by atoms with Crippen molar-refractivity contribution >= 4 is 23.6 Å². The number of rotatable bonds is 7. The molecule has 1 aliphatic rings. The van der Waals surface area contributed by atoms with Crippen molar-refractivity contribution in [3.05, 3.63) is 23.4 Å². The van der Waals surface area contributed by atoms with Crippen LogP contribution in [0.1, 0.15) is 17.5 Å². The number of carbonyl (C=O) groups is 4. The fraction of sp³-hybridized carbons (Fsp3) is 0.471. The Labute approximate surface area is 162 Å². The van der Waals surface area contributed by atoms with Gasteiger partial charge in [0.1, 0.15) is 6.54 Å². The largest absolute Gasteiger partial charge is 0.480 e. The number of carboxylic acids is 1. The highest BCUT2D eigenvalue weighted by atomic mass is 19.4. The number of alkyl halides is 3. The van der Waals surface area contributed by atoms with Gasteiger partial charge in [-0.2, -0.15) is 13.2 Å². The van der Waals surface area contributed by atoms with E-state index in [1.807, 2.05) is 5.32 Å². The zero-order chi connectivity index (χ0) is 21.8. The molecule has 9 nitrogen and oxygen atoms in total. The van der Waals surface area contributed by atoms with Gasteiger partial charge in [0.25, 0.3) is 0 Å². The second kappa shape index (κ2) is 8.88. The van der Waals surface area contributed by atoms with Crippen molar-refractivity contribution in [2.45, 2.75) is 26.1 Å². The van der Waals surface area contributed by atoms with E-state index in [0.717, 1.165) is 0 Å². The summed E-state index contributed by atoms with van der Waals surface area (Å²) in [5, 5.41) is 10.6. The number of halogens is 3. The molecule has 1 aromatic heterocycles. The summed E-state index contributed by atoms with van der Waals surface area (Å²) in [4.78, 5) is 52.1. The molecular weight excluding hydrogens is 399 g/mol. The number of ketones is 1. The number of aryl methyl sites for hydroxylation is 1. The van der Waals surface area contributed by atoms with Gasteiger partial charge in [0.15, 0.2) is 18.3 Å². The molecule has 1 atom stereocenters. The number of nitrogens with one attached hydrogen (secondary N) is 1. The summed E-state index contributed by atoms with van der Waals surface area (Å²) in [5.41, 5.74) is 0.789. The van der Waals surface area contributed by atoms with E-state index in [9.17, 15) is 32.3 Å². The first-order valence-corrected chi connectivity index (χ1v) is 8.44. The van der Waals surface area contributed by atoms with Crippen LogP contribution in [0.4, 0.5) is 13.2 Å². The monoisotopic (exact) mass is 417 g/mol. The van der Waals surface area contributed by atoms with Crippen LogP contribution in [0.5, 0.6) is 5.88 Å². The Kier molecular flexibility index (Phi) is 6.77. The molecule has 29 heavy (non-hydrogen) atoms. The number of amides is 2. The number of piperidine rings is 1. The highest BCUT2D eigenvalue weighted by molar-refractivity contribution is 6.19. The Balaban J connectivity index is 2.06. The highest BCUT2D eigenvalue weighted by Crippen LogP contribution is 2.22. The van der Waals surface area contributed by atoms with Crippen molar-refractivity contribution < 1.29 is 42.2 Å². The molecule has 1 aliphatic heterocycles. The lowest BCUT2D eigenvalue weighted by atomic mass is 9.94. The van der Waals surface area contributed by atoms with Crippen LogP contribution >= 0.6 is 0 Å². The minimum atomic E-state index is -4.50. The Morgan fingerprint density at radius 3 is 2.66 bits per heavy atom. The summed E-state index contributed by atoms with van der Waals surface area (Å²) in [6.07, 6.45) is -3.35. The molecule has 0 aromatic carbocycles. The minimum Gasteiger partial charge on any atom is -0.480 e. The zero-order valence-corrected chi connectivity index (χ0v) is 15.3. The fourth-order valence-electron chi connectivity index (χ4n) is 2.73. The quantitative estimate of drug-likeness (QED) is 0.617. The van der Waals surface area contributed by atoms with Crippen molar-refractivity contribution in [2.24, 2.45) is 5.92 Å². The second-order valence-corrected chi connectivity index (χ2v) is 6.39. The Morgan fingerprint density at radius 1 is 1.38 bits per heavy atom. The maximum Gasteiger partial charge on any atom is 0.422 e. The first-order chi connectivity index (χ1) is 13.5. The molecule has 2 rings (SSSR count). The standard InChI is InChI=1S/C17H18F3N3O6/c1-9-4-10(5-22-15(9)29-8-17(18,19)20)7-23-3-2-11(24)13(16(23)28)14(27)21-6-12(25)26/h4-5,13H,2-3,6-8H2,1H3,(H,21,27)(H,25,26). The van der Waals surface area contributed by atoms with Crippen LogP contribution in [0, 0.1) is 12.8 Å². The number of nitrogens with zero attached hydrogens (tertiary/aromatic N) is 2. The maximum absolute atomic E-state index is 12.5. The molecule has 2 heterocycles.